The average Bonchev–Trinajstić information content (AvgIpc) is 3.04. The molecule has 0 aromatic heterocycles. The fourth-order valence-electron chi connectivity index (χ4n) is 4.11. The summed E-state index contributed by atoms with van der Waals surface area (Å²) in [6.07, 6.45) is 8.26. The third-order valence-corrected chi connectivity index (χ3v) is 6.98. The summed E-state index contributed by atoms with van der Waals surface area (Å²) in [5.41, 5.74) is 1.73. The first-order valence-electron chi connectivity index (χ1n) is 11.0. The van der Waals surface area contributed by atoms with Gasteiger partial charge in [0.1, 0.15) is 6.04 Å². The Morgan fingerprint density at radius 1 is 1.07 bits per heavy atom. The summed E-state index contributed by atoms with van der Waals surface area (Å²) in [6, 6.07) is 5.30. The molecule has 0 spiro atoms. The first-order valence-corrected chi connectivity index (χ1v) is 12.0. The molecular formula is C23H33N3O3S. The number of nitrogens with one attached hydrogen (secondary N) is 1. The van der Waals surface area contributed by atoms with Gasteiger partial charge in [-0.2, -0.15) is 0 Å². The zero-order valence-electron chi connectivity index (χ0n) is 18.1. The normalized spacial score (nSPS) is 18.8. The van der Waals surface area contributed by atoms with Crippen LogP contribution in [0.3, 0.4) is 0 Å². The topological polar surface area (TPSA) is 69.7 Å². The Kier molecular flexibility index (Phi) is 8.33. The number of hydrogen-bond donors (Lipinski definition) is 1. The lowest BCUT2D eigenvalue weighted by Crippen LogP contribution is -2.52. The van der Waals surface area contributed by atoms with E-state index in [1.165, 1.54) is 45.1 Å². The number of imide groups is 1. The fraction of sp³-hybridized carbons (Fsp3) is 0.609. The lowest BCUT2D eigenvalue weighted by molar-refractivity contribution is -0.136. The number of amides is 3. The minimum absolute atomic E-state index is 0.0975. The maximum Gasteiger partial charge on any atom is 0.255 e. The molecule has 1 aromatic carbocycles. The number of carbonyl (C=O) groups excluding carboxylic acids is 3. The Morgan fingerprint density at radius 3 is 2.53 bits per heavy atom. The Balaban J connectivity index is 1.46. The predicted molar refractivity (Wildman–Crippen MR) is 119 cm³/mol. The Hall–Kier alpha value is -1.86. The molecule has 1 saturated heterocycles. The zero-order valence-corrected chi connectivity index (χ0v) is 18.9. The van der Waals surface area contributed by atoms with Crippen LogP contribution < -0.4 is 5.32 Å². The highest BCUT2D eigenvalue weighted by atomic mass is 32.2. The first kappa shape index (κ1) is 22.8. The highest BCUT2D eigenvalue weighted by Gasteiger charge is 2.39. The predicted octanol–water partition coefficient (Wildman–Crippen LogP) is 3.44. The van der Waals surface area contributed by atoms with Crippen molar-refractivity contribution in [1.29, 1.82) is 0 Å². The van der Waals surface area contributed by atoms with E-state index in [4.69, 9.17) is 0 Å². The molecule has 0 saturated carbocycles. The molecule has 0 bridgehead atoms. The van der Waals surface area contributed by atoms with Crippen LogP contribution in [-0.4, -0.2) is 60.0 Å². The molecule has 1 fully saturated rings. The molecule has 0 aliphatic carbocycles. The van der Waals surface area contributed by atoms with Gasteiger partial charge in [-0.1, -0.05) is 31.7 Å². The van der Waals surface area contributed by atoms with Gasteiger partial charge in [0, 0.05) is 23.4 Å². The van der Waals surface area contributed by atoms with Crippen molar-refractivity contribution in [3.8, 4) is 0 Å². The second-order valence-electron chi connectivity index (χ2n) is 8.46. The molecule has 164 valence electrons. The van der Waals surface area contributed by atoms with E-state index in [0.29, 0.717) is 18.5 Å². The number of unbranched alkanes of at least 4 members (excludes halogenated alkanes) is 5. The van der Waals surface area contributed by atoms with Gasteiger partial charge in [-0.05, 0) is 63.4 Å². The number of hydrogen-bond acceptors (Lipinski definition) is 5. The van der Waals surface area contributed by atoms with Crippen molar-refractivity contribution in [2.75, 3.05) is 26.4 Å². The van der Waals surface area contributed by atoms with Gasteiger partial charge in [0.25, 0.3) is 5.91 Å². The van der Waals surface area contributed by atoms with Crippen molar-refractivity contribution < 1.29 is 14.4 Å². The van der Waals surface area contributed by atoms with Crippen LogP contribution in [0.5, 0.6) is 0 Å². The van der Waals surface area contributed by atoms with Crippen molar-refractivity contribution in [1.82, 2.24) is 15.1 Å². The molecule has 1 atom stereocenters. The molecule has 2 heterocycles. The van der Waals surface area contributed by atoms with Crippen LogP contribution in [0.1, 0.15) is 67.3 Å². The number of piperidine rings is 1. The second-order valence-corrected chi connectivity index (χ2v) is 9.59. The highest BCUT2D eigenvalue weighted by Crippen LogP contribution is 2.34. The van der Waals surface area contributed by atoms with Crippen LogP contribution in [-0.2, 0) is 16.1 Å². The first-order chi connectivity index (χ1) is 14.5. The van der Waals surface area contributed by atoms with Gasteiger partial charge in [-0.3, -0.25) is 19.7 Å². The van der Waals surface area contributed by atoms with Gasteiger partial charge in [-0.15, -0.1) is 11.8 Å². The van der Waals surface area contributed by atoms with E-state index in [9.17, 15) is 14.4 Å². The maximum absolute atomic E-state index is 12.9. The monoisotopic (exact) mass is 431 g/mol. The van der Waals surface area contributed by atoms with Crippen LogP contribution in [0, 0.1) is 0 Å². The number of rotatable bonds is 11. The smallest absolute Gasteiger partial charge is 0.255 e. The second kappa shape index (κ2) is 11.0. The molecular weight excluding hydrogens is 398 g/mol. The summed E-state index contributed by atoms with van der Waals surface area (Å²) in [6.45, 7) is 1.62. The fourth-order valence-corrected chi connectivity index (χ4v) is 5.20. The third kappa shape index (κ3) is 5.85. The van der Waals surface area contributed by atoms with Gasteiger partial charge in [0.2, 0.25) is 11.8 Å². The van der Waals surface area contributed by atoms with Crippen molar-refractivity contribution in [3.63, 3.8) is 0 Å². The SMILES string of the molecule is CN(C)CCCCCCCCSc1cccc2c1CN(C1CCC(=O)NC1=O)C2=O. The summed E-state index contributed by atoms with van der Waals surface area (Å²) in [5.74, 6) is 0.335. The summed E-state index contributed by atoms with van der Waals surface area (Å²) in [5, 5.41) is 2.36. The van der Waals surface area contributed by atoms with Crippen LogP contribution >= 0.6 is 11.8 Å². The number of carbonyl (C=O) groups is 3. The van der Waals surface area contributed by atoms with E-state index in [0.717, 1.165) is 16.2 Å². The largest absolute Gasteiger partial charge is 0.322 e. The van der Waals surface area contributed by atoms with Gasteiger partial charge in [0.05, 0.1) is 0 Å². The summed E-state index contributed by atoms with van der Waals surface area (Å²) >= 11 is 1.81. The van der Waals surface area contributed by atoms with E-state index in [-0.39, 0.29) is 24.1 Å². The number of benzene rings is 1. The Labute approximate surface area is 183 Å². The van der Waals surface area contributed by atoms with Crippen molar-refractivity contribution in [2.45, 2.75) is 68.8 Å². The van der Waals surface area contributed by atoms with E-state index in [2.05, 4.69) is 30.4 Å². The molecule has 7 heteroatoms. The third-order valence-electron chi connectivity index (χ3n) is 5.80. The molecule has 3 rings (SSSR count). The molecule has 0 radical (unpaired) electrons. The molecule has 3 amide bonds. The number of fused-ring (bicyclic) bond motifs is 1. The van der Waals surface area contributed by atoms with Crippen LogP contribution in [0.2, 0.25) is 0 Å². The zero-order chi connectivity index (χ0) is 21.5. The van der Waals surface area contributed by atoms with Crippen LogP contribution in [0.25, 0.3) is 0 Å². The lowest BCUT2D eigenvalue weighted by Gasteiger charge is -2.29. The van der Waals surface area contributed by atoms with Gasteiger partial charge < -0.3 is 9.80 Å². The van der Waals surface area contributed by atoms with E-state index in [1.54, 1.807) is 4.90 Å². The minimum Gasteiger partial charge on any atom is -0.322 e. The quantitative estimate of drug-likeness (QED) is 0.330. The van der Waals surface area contributed by atoms with Crippen LogP contribution in [0.15, 0.2) is 23.1 Å². The van der Waals surface area contributed by atoms with E-state index < -0.39 is 6.04 Å². The summed E-state index contributed by atoms with van der Waals surface area (Å²) in [7, 11) is 4.24. The Bertz CT molecular complexity index is 781. The minimum atomic E-state index is -0.548. The van der Waals surface area contributed by atoms with Gasteiger partial charge in [-0.25, -0.2) is 0 Å². The van der Waals surface area contributed by atoms with E-state index in [1.807, 2.05) is 23.9 Å². The lowest BCUT2D eigenvalue weighted by atomic mass is 10.0. The molecule has 1 N–H and O–H groups in total. The van der Waals surface area contributed by atoms with Gasteiger partial charge >= 0.3 is 0 Å². The highest BCUT2D eigenvalue weighted by molar-refractivity contribution is 7.99. The summed E-state index contributed by atoms with van der Waals surface area (Å²) < 4.78 is 0. The molecule has 2 aliphatic heterocycles. The van der Waals surface area contributed by atoms with Gasteiger partial charge in [0.15, 0.2) is 0 Å². The van der Waals surface area contributed by atoms with Crippen molar-refractivity contribution in [3.05, 3.63) is 29.3 Å². The molecule has 6 nitrogen and oxygen atoms in total. The van der Waals surface area contributed by atoms with E-state index >= 15 is 0 Å². The maximum atomic E-state index is 12.9. The number of thioether (sulfide) groups is 1. The number of nitrogens with zero attached hydrogens (tertiary/aromatic N) is 2. The standard InChI is InChI=1S/C23H33N3O3S/c1-25(2)14-7-5-3-4-6-8-15-30-20-11-9-10-17-18(20)16-26(23(17)29)19-12-13-21(27)24-22(19)28/h9-11,19H,3-8,12-16H2,1-2H3,(H,24,27,28). The van der Waals surface area contributed by atoms with Crippen LogP contribution in [0.4, 0.5) is 0 Å². The molecule has 1 aromatic rings. The Morgan fingerprint density at radius 2 is 1.80 bits per heavy atom. The molecule has 1 unspecified atom stereocenters. The molecule has 30 heavy (non-hydrogen) atoms. The van der Waals surface area contributed by atoms with Crippen molar-refractivity contribution in [2.24, 2.45) is 0 Å². The molecule has 2 aliphatic rings. The average molecular weight is 432 g/mol. The summed E-state index contributed by atoms with van der Waals surface area (Å²) in [4.78, 5) is 41.5. The van der Waals surface area contributed by atoms with Crippen molar-refractivity contribution >= 4 is 29.5 Å².